The minimum absolute atomic E-state index is 0.176. The van der Waals surface area contributed by atoms with Crippen molar-refractivity contribution in [2.24, 2.45) is 5.41 Å². The Balaban J connectivity index is 0. The third-order valence-electron chi connectivity index (χ3n) is 3.25. The van der Waals surface area contributed by atoms with Crippen molar-refractivity contribution in [3.8, 4) is 6.07 Å². The molecule has 2 rings (SSSR count). The van der Waals surface area contributed by atoms with Gasteiger partial charge in [0.25, 0.3) is 0 Å². The van der Waals surface area contributed by atoms with Crippen LogP contribution in [0.1, 0.15) is 38.8 Å². The molecule has 1 N–H and O–H groups in total. The van der Waals surface area contributed by atoms with E-state index in [-0.39, 0.29) is 11.0 Å². The van der Waals surface area contributed by atoms with Crippen LogP contribution in [0.15, 0.2) is 104 Å². The number of rotatable bonds is 4. The fourth-order valence-corrected chi connectivity index (χ4v) is 1.69. The van der Waals surface area contributed by atoms with Crippen LogP contribution >= 0.6 is 0 Å². The monoisotopic (exact) mass is 417 g/mol. The van der Waals surface area contributed by atoms with Crippen molar-refractivity contribution < 1.29 is 9.90 Å². The van der Waals surface area contributed by atoms with E-state index in [1.54, 1.807) is 6.07 Å². The lowest BCUT2D eigenvalue weighted by Crippen LogP contribution is -1.97. The summed E-state index contributed by atoms with van der Waals surface area (Å²) in [6.07, 6.45) is 8.46. The van der Waals surface area contributed by atoms with Crippen LogP contribution in [0.25, 0.3) is 6.08 Å². The Bertz CT molecular complexity index is 824. The van der Waals surface area contributed by atoms with Crippen LogP contribution in [0.4, 0.5) is 0 Å². The number of aliphatic carboxylic acids is 1. The van der Waals surface area contributed by atoms with E-state index >= 15 is 0 Å². The minimum atomic E-state index is -0.935. The molecule has 0 saturated heterocycles. The summed E-state index contributed by atoms with van der Waals surface area (Å²) in [6, 6.07) is 22.4. The standard InChI is InChI=1S/C12H16.C9H10.C4H6O2.C3H3N/c1-12(2,3)10-9-11-7-5-4-6-8-11;1-2-6-9-7-4-3-5-8-9;1-3(2)4(5)6;1-2-3-4/h4-10H,1-3H3;2-5,7-8H,1,6H2;1H2,2H3,(H,5,6);2H,1H2. The number of benzene rings is 2. The van der Waals surface area contributed by atoms with Gasteiger partial charge in [-0.25, -0.2) is 4.79 Å². The van der Waals surface area contributed by atoms with Gasteiger partial charge >= 0.3 is 5.97 Å². The number of nitrogens with zero attached hydrogens (tertiary/aromatic N) is 1. The smallest absolute Gasteiger partial charge is 0.330 e. The topological polar surface area (TPSA) is 61.1 Å². The number of carbonyl (C=O) groups is 1. The summed E-state index contributed by atoms with van der Waals surface area (Å²) >= 11 is 0. The Hall–Kier alpha value is -3.64. The van der Waals surface area contributed by atoms with Crippen LogP contribution < -0.4 is 0 Å². The summed E-state index contributed by atoms with van der Waals surface area (Å²) in [7, 11) is 0. The number of carboxylic acids is 1. The van der Waals surface area contributed by atoms with Crippen molar-refractivity contribution in [3.05, 3.63) is 115 Å². The van der Waals surface area contributed by atoms with Gasteiger partial charge in [0, 0.05) is 11.6 Å². The maximum atomic E-state index is 9.60. The van der Waals surface area contributed by atoms with Gasteiger partial charge in [-0.2, -0.15) is 5.26 Å². The molecule has 0 heterocycles. The van der Waals surface area contributed by atoms with E-state index in [0.717, 1.165) is 6.42 Å². The summed E-state index contributed by atoms with van der Waals surface area (Å²) in [5.74, 6) is -0.935. The largest absolute Gasteiger partial charge is 0.478 e. The average molecular weight is 418 g/mol. The van der Waals surface area contributed by atoms with E-state index in [0.29, 0.717) is 0 Å². The summed E-state index contributed by atoms with van der Waals surface area (Å²) in [4.78, 5) is 9.60. The maximum Gasteiger partial charge on any atom is 0.330 e. The zero-order valence-electron chi connectivity index (χ0n) is 19.2. The summed E-state index contributed by atoms with van der Waals surface area (Å²) in [5, 5.41) is 15.4. The van der Waals surface area contributed by atoms with Crippen LogP contribution in [0.5, 0.6) is 0 Å². The molecule has 0 bridgehead atoms. The lowest BCUT2D eigenvalue weighted by atomic mass is 9.95. The zero-order chi connectivity index (χ0) is 24.1. The first kappa shape index (κ1) is 29.6. The highest BCUT2D eigenvalue weighted by Gasteiger charge is 2.02. The van der Waals surface area contributed by atoms with E-state index in [1.165, 1.54) is 24.1 Å². The molecule has 2 aromatic rings. The first-order chi connectivity index (χ1) is 14.6. The fraction of sp³-hybridized carbons (Fsp3) is 0.214. The molecule has 3 nitrogen and oxygen atoms in total. The van der Waals surface area contributed by atoms with Gasteiger partial charge in [0.2, 0.25) is 0 Å². The van der Waals surface area contributed by atoms with Gasteiger partial charge in [-0.15, -0.1) is 6.58 Å². The van der Waals surface area contributed by atoms with E-state index in [4.69, 9.17) is 10.4 Å². The highest BCUT2D eigenvalue weighted by atomic mass is 16.4. The van der Waals surface area contributed by atoms with Crippen molar-refractivity contribution in [1.82, 2.24) is 0 Å². The molecule has 0 aliphatic rings. The molecule has 0 unspecified atom stereocenters. The number of carboxylic acid groups (broad SMARTS) is 1. The number of nitriles is 1. The molecule has 0 spiro atoms. The lowest BCUT2D eigenvalue weighted by Gasteiger charge is -2.10. The van der Waals surface area contributed by atoms with Gasteiger partial charge in [0.1, 0.15) is 0 Å². The Labute approximate surface area is 188 Å². The third kappa shape index (κ3) is 22.5. The normalized spacial score (nSPS) is 9.26. The first-order valence-electron chi connectivity index (χ1n) is 9.85. The molecule has 2 aromatic carbocycles. The highest BCUT2D eigenvalue weighted by Crippen LogP contribution is 2.16. The summed E-state index contributed by atoms with van der Waals surface area (Å²) in [6.45, 7) is 18.0. The quantitative estimate of drug-likeness (QED) is 0.318. The summed E-state index contributed by atoms with van der Waals surface area (Å²) in [5.41, 5.74) is 3.05. The average Bonchev–Trinajstić information content (AvgIpc) is 2.74. The van der Waals surface area contributed by atoms with Crippen molar-refractivity contribution in [3.63, 3.8) is 0 Å². The molecule has 0 aromatic heterocycles. The van der Waals surface area contributed by atoms with E-state index in [1.807, 2.05) is 30.3 Å². The zero-order valence-corrected chi connectivity index (χ0v) is 19.2. The van der Waals surface area contributed by atoms with Gasteiger partial charge in [-0.1, -0.05) is 113 Å². The second kappa shape index (κ2) is 18.4. The molecule has 164 valence electrons. The first-order valence-corrected chi connectivity index (χ1v) is 9.85. The highest BCUT2D eigenvalue weighted by molar-refractivity contribution is 5.84. The molecular weight excluding hydrogens is 382 g/mol. The van der Waals surface area contributed by atoms with Crippen molar-refractivity contribution in [2.45, 2.75) is 34.1 Å². The number of hydrogen-bond donors (Lipinski definition) is 1. The molecular formula is C28H35NO2. The van der Waals surface area contributed by atoms with Gasteiger partial charge in [0.05, 0.1) is 6.07 Å². The van der Waals surface area contributed by atoms with Gasteiger partial charge < -0.3 is 5.11 Å². The van der Waals surface area contributed by atoms with E-state index < -0.39 is 5.97 Å². The molecule has 0 aliphatic carbocycles. The molecule has 0 radical (unpaired) electrons. The third-order valence-corrected chi connectivity index (χ3v) is 3.25. The molecule has 0 aliphatic heterocycles. The second-order valence-corrected chi connectivity index (χ2v) is 7.51. The van der Waals surface area contributed by atoms with E-state index in [9.17, 15) is 4.79 Å². The van der Waals surface area contributed by atoms with Gasteiger partial charge in [0.15, 0.2) is 0 Å². The number of allylic oxidation sites excluding steroid dienone is 3. The fourth-order valence-electron chi connectivity index (χ4n) is 1.69. The van der Waals surface area contributed by atoms with Crippen LogP contribution in [-0.4, -0.2) is 11.1 Å². The van der Waals surface area contributed by atoms with Crippen LogP contribution in [0.2, 0.25) is 0 Å². The predicted molar refractivity (Wildman–Crippen MR) is 134 cm³/mol. The van der Waals surface area contributed by atoms with Crippen LogP contribution in [0.3, 0.4) is 0 Å². The predicted octanol–water partition coefficient (Wildman–Crippen LogP) is 7.50. The Morgan fingerprint density at radius 3 is 1.77 bits per heavy atom. The van der Waals surface area contributed by atoms with Crippen LogP contribution in [-0.2, 0) is 11.2 Å². The maximum absolute atomic E-state index is 9.60. The molecule has 0 atom stereocenters. The molecule has 0 fully saturated rings. The Morgan fingerprint density at radius 2 is 1.45 bits per heavy atom. The SMILES string of the molecule is C=C(C)C(=O)O.C=CC#N.C=CCc1ccccc1.CC(C)(C)C=Cc1ccccc1. The molecule has 31 heavy (non-hydrogen) atoms. The molecule has 3 heteroatoms. The van der Waals surface area contributed by atoms with Gasteiger partial charge in [-0.3, -0.25) is 0 Å². The number of hydrogen-bond acceptors (Lipinski definition) is 2. The van der Waals surface area contributed by atoms with E-state index in [2.05, 4.69) is 89.1 Å². The molecule has 0 saturated carbocycles. The second-order valence-electron chi connectivity index (χ2n) is 7.51. The molecule has 0 amide bonds. The Kier molecular flexibility index (Phi) is 17.5. The van der Waals surface area contributed by atoms with Gasteiger partial charge in [-0.05, 0) is 29.9 Å². The van der Waals surface area contributed by atoms with Crippen LogP contribution in [0, 0.1) is 16.7 Å². The summed E-state index contributed by atoms with van der Waals surface area (Å²) < 4.78 is 0. The van der Waals surface area contributed by atoms with Crippen molar-refractivity contribution in [2.75, 3.05) is 0 Å². The van der Waals surface area contributed by atoms with Crippen molar-refractivity contribution in [1.29, 1.82) is 5.26 Å². The Morgan fingerprint density at radius 1 is 1.03 bits per heavy atom. The lowest BCUT2D eigenvalue weighted by molar-refractivity contribution is -0.132. The van der Waals surface area contributed by atoms with Crippen molar-refractivity contribution >= 4 is 12.0 Å². The minimum Gasteiger partial charge on any atom is -0.478 e.